The topological polar surface area (TPSA) is 24.4 Å². The predicted molar refractivity (Wildman–Crippen MR) is 56.9 cm³/mol. The van der Waals surface area contributed by atoms with Gasteiger partial charge >= 0.3 is 0 Å². The maximum Gasteiger partial charge on any atom is 0.0540 e. The van der Waals surface area contributed by atoms with E-state index in [1.807, 2.05) is 36.5 Å². The molecule has 2 nitrogen and oxygen atoms in total. The van der Waals surface area contributed by atoms with Crippen molar-refractivity contribution in [3.8, 4) is 0 Å². The quantitative estimate of drug-likeness (QED) is 0.543. The lowest BCUT2D eigenvalue weighted by Crippen LogP contribution is -2.31. The Hall–Kier alpha value is -1.31. The summed E-state index contributed by atoms with van der Waals surface area (Å²) in [6.45, 7) is 6.24. The lowest BCUT2D eigenvalue weighted by Gasteiger charge is -2.16. The first-order valence-electron chi connectivity index (χ1n) is 4.43. The molecule has 0 unspecified atom stereocenters. The van der Waals surface area contributed by atoms with Gasteiger partial charge in [0.1, 0.15) is 0 Å². The van der Waals surface area contributed by atoms with Gasteiger partial charge in [-0.1, -0.05) is 30.3 Å². The highest BCUT2D eigenvalue weighted by Gasteiger charge is 2.05. The van der Waals surface area contributed by atoms with Gasteiger partial charge in [-0.25, -0.2) is 0 Å². The molecule has 1 N–H and O–H groups in total. The van der Waals surface area contributed by atoms with Crippen LogP contribution in [0.5, 0.6) is 0 Å². The van der Waals surface area contributed by atoms with Crippen molar-refractivity contribution in [3.05, 3.63) is 35.9 Å². The van der Waals surface area contributed by atoms with Crippen molar-refractivity contribution < 1.29 is 0 Å². The summed E-state index contributed by atoms with van der Waals surface area (Å²) in [7, 11) is 0. The van der Waals surface area contributed by atoms with Gasteiger partial charge in [0, 0.05) is 5.54 Å². The fourth-order valence-corrected chi connectivity index (χ4v) is 0.840. The average molecular weight is 176 g/mol. The van der Waals surface area contributed by atoms with Gasteiger partial charge in [0.25, 0.3) is 0 Å². The van der Waals surface area contributed by atoms with E-state index in [1.54, 1.807) is 0 Å². The second kappa shape index (κ2) is 4.08. The average Bonchev–Trinajstić information content (AvgIpc) is 2.04. The van der Waals surface area contributed by atoms with Crippen LogP contribution >= 0.6 is 0 Å². The van der Waals surface area contributed by atoms with Crippen LogP contribution in [0.25, 0.3) is 0 Å². The molecule has 0 fully saturated rings. The van der Waals surface area contributed by atoms with Gasteiger partial charge in [-0.3, -0.25) is 0 Å². The normalized spacial score (nSPS) is 11.9. The molecule has 0 spiro atoms. The lowest BCUT2D eigenvalue weighted by atomic mass is 10.1. The third kappa shape index (κ3) is 4.31. The summed E-state index contributed by atoms with van der Waals surface area (Å²) in [5.41, 5.74) is 4.18. The molecule has 13 heavy (non-hydrogen) atoms. The molecule has 0 heterocycles. The number of hydrogen-bond donors (Lipinski definition) is 1. The largest absolute Gasteiger partial charge is 0.305 e. The molecule has 0 aliphatic heterocycles. The number of rotatable bonds is 2. The third-order valence-corrected chi connectivity index (χ3v) is 1.41. The van der Waals surface area contributed by atoms with Crippen LogP contribution < -0.4 is 5.43 Å². The van der Waals surface area contributed by atoms with E-state index in [1.165, 1.54) is 0 Å². The van der Waals surface area contributed by atoms with Gasteiger partial charge in [0.15, 0.2) is 0 Å². The number of nitrogens with one attached hydrogen (secondary N) is 1. The first kappa shape index (κ1) is 9.78. The summed E-state index contributed by atoms with van der Waals surface area (Å²) in [6, 6.07) is 10.0. The Bertz CT molecular complexity index is 270. The van der Waals surface area contributed by atoms with Gasteiger partial charge in [-0.15, -0.1) is 0 Å². The SMILES string of the molecule is CC(C)(C)N/N=C/c1ccccc1. The number of benzene rings is 1. The van der Waals surface area contributed by atoms with E-state index in [-0.39, 0.29) is 5.54 Å². The molecule has 1 aromatic carbocycles. The third-order valence-electron chi connectivity index (χ3n) is 1.41. The Labute approximate surface area is 79.7 Å². The van der Waals surface area contributed by atoms with Crippen molar-refractivity contribution in [1.29, 1.82) is 0 Å². The van der Waals surface area contributed by atoms with Crippen LogP contribution in [0, 0.1) is 0 Å². The molecule has 70 valence electrons. The zero-order valence-corrected chi connectivity index (χ0v) is 8.41. The van der Waals surface area contributed by atoms with Crippen LogP contribution in [0.2, 0.25) is 0 Å². The molecule has 0 aliphatic carbocycles. The highest BCUT2D eigenvalue weighted by molar-refractivity contribution is 5.79. The predicted octanol–water partition coefficient (Wildman–Crippen LogP) is 2.41. The minimum atomic E-state index is 0.0330. The molecule has 1 aromatic rings. The highest BCUT2D eigenvalue weighted by Crippen LogP contribution is 1.98. The molecule has 0 saturated heterocycles. The summed E-state index contributed by atoms with van der Waals surface area (Å²) in [6.07, 6.45) is 1.82. The molecule has 0 bridgehead atoms. The van der Waals surface area contributed by atoms with E-state index in [0.717, 1.165) is 5.56 Å². The van der Waals surface area contributed by atoms with E-state index in [0.29, 0.717) is 0 Å². The maximum atomic E-state index is 4.14. The second-order valence-electron chi connectivity index (χ2n) is 4.03. The number of nitrogens with zero attached hydrogens (tertiary/aromatic N) is 1. The standard InChI is InChI=1S/C11H16N2/c1-11(2,3)13-12-9-10-7-5-4-6-8-10/h4-9,13H,1-3H3/b12-9+. The van der Waals surface area contributed by atoms with Crippen LogP contribution in [0.15, 0.2) is 35.4 Å². The molecule has 0 amide bonds. The van der Waals surface area contributed by atoms with Crippen molar-refractivity contribution >= 4 is 6.21 Å². The Morgan fingerprint density at radius 1 is 1.15 bits per heavy atom. The smallest absolute Gasteiger partial charge is 0.0540 e. The minimum absolute atomic E-state index is 0.0330. The van der Waals surface area contributed by atoms with E-state index in [2.05, 4.69) is 31.3 Å². The Kier molecular flexibility index (Phi) is 3.07. The Morgan fingerprint density at radius 2 is 1.77 bits per heavy atom. The fourth-order valence-electron chi connectivity index (χ4n) is 0.840. The Balaban J connectivity index is 2.51. The van der Waals surface area contributed by atoms with Gasteiger partial charge in [-0.2, -0.15) is 5.10 Å². The van der Waals surface area contributed by atoms with Gasteiger partial charge in [0.05, 0.1) is 6.21 Å². The van der Waals surface area contributed by atoms with Gasteiger partial charge in [-0.05, 0) is 26.3 Å². The minimum Gasteiger partial charge on any atom is -0.305 e. The second-order valence-corrected chi connectivity index (χ2v) is 4.03. The molecule has 1 rings (SSSR count). The zero-order chi connectivity index (χ0) is 9.73. The Morgan fingerprint density at radius 3 is 2.31 bits per heavy atom. The first-order chi connectivity index (χ1) is 6.08. The molecule has 0 aliphatic rings. The van der Waals surface area contributed by atoms with Gasteiger partial charge in [0.2, 0.25) is 0 Å². The van der Waals surface area contributed by atoms with E-state index in [4.69, 9.17) is 0 Å². The monoisotopic (exact) mass is 176 g/mol. The summed E-state index contributed by atoms with van der Waals surface area (Å²) in [5.74, 6) is 0. The van der Waals surface area contributed by atoms with Crippen LogP contribution in [-0.4, -0.2) is 11.8 Å². The van der Waals surface area contributed by atoms with Crippen molar-refractivity contribution in [2.75, 3.05) is 0 Å². The number of hydrogen-bond acceptors (Lipinski definition) is 2. The summed E-state index contributed by atoms with van der Waals surface area (Å²) in [5, 5.41) is 4.14. The molecule has 2 heteroatoms. The van der Waals surface area contributed by atoms with E-state index in [9.17, 15) is 0 Å². The molecule has 0 aromatic heterocycles. The van der Waals surface area contributed by atoms with Crippen LogP contribution in [-0.2, 0) is 0 Å². The lowest BCUT2D eigenvalue weighted by molar-refractivity contribution is 0.442. The van der Waals surface area contributed by atoms with E-state index < -0.39 is 0 Å². The van der Waals surface area contributed by atoms with Crippen molar-refractivity contribution in [2.24, 2.45) is 5.10 Å². The van der Waals surface area contributed by atoms with Crippen LogP contribution in [0.1, 0.15) is 26.3 Å². The maximum absolute atomic E-state index is 4.14. The number of hydrazone groups is 1. The first-order valence-corrected chi connectivity index (χ1v) is 4.43. The summed E-state index contributed by atoms with van der Waals surface area (Å²) >= 11 is 0. The van der Waals surface area contributed by atoms with Gasteiger partial charge < -0.3 is 5.43 Å². The highest BCUT2D eigenvalue weighted by atomic mass is 15.3. The summed E-state index contributed by atoms with van der Waals surface area (Å²) < 4.78 is 0. The van der Waals surface area contributed by atoms with E-state index >= 15 is 0 Å². The molecule has 0 saturated carbocycles. The van der Waals surface area contributed by atoms with Crippen molar-refractivity contribution in [1.82, 2.24) is 5.43 Å². The zero-order valence-electron chi connectivity index (χ0n) is 8.41. The van der Waals surface area contributed by atoms with Crippen LogP contribution in [0.3, 0.4) is 0 Å². The molecular formula is C11H16N2. The fraction of sp³-hybridized carbons (Fsp3) is 0.364. The van der Waals surface area contributed by atoms with Crippen molar-refractivity contribution in [3.63, 3.8) is 0 Å². The van der Waals surface area contributed by atoms with Crippen molar-refractivity contribution in [2.45, 2.75) is 26.3 Å². The molecular weight excluding hydrogens is 160 g/mol. The molecule has 0 atom stereocenters. The molecule has 0 radical (unpaired) electrons. The summed E-state index contributed by atoms with van der Waals surface area (Å²) in [4.78, 5) is 0. The van der Waals surface area contributed by atoms with Crippen LogP contribution in [0.4, 0.5) is 0 Å².